The number of carbonyl (C=O) groups is 1. The quantitative estimate of drug-likeness (QED) is 0.883. The van der Waals surface area contributed by atoms with Crippen molar-refractivity contribution in [3.63, 3.8) is 0 Å². The number of oxazole rings is 1. The smallest absolute Gasteiger partial charge is 0.357 e. The number of anilines is 2. The summed E-state index contributed by atoms with van der Waals surface area (Å²) < 4.78 is 17.9. The van der Waals surface area contributed by atoms with Crippen molar-refractivity contribution in [2.75, 3.05) is 5.32 Å². The third-order valence-corrected chi connectivity index (χ3v) is 2.20. The van der Waals surface area contributed by atoms with Gasteiger partial charge in [0.2, 0.25) is 0 Å². The lowest BCUT2D eigenvalue weighted by Gasteiger charge is -2.01. The zero-order valence-corrected chi connectivity index (χ0v) is 9.03. The van der Waals surface area contributed by atoms with Crippen LogP contribution in [-0.2, 0) is 0 Å². The van der Waals surface area contributed by atoms with Crippen molar-refractivity contribution in [3.05, 3.63) is 41.0 Å². The van der Waals surface area contributed by atoms with Crippen molar-refractivity contribution in [1.29, 1.82) is 0 Å². The maximum atomic E-state index is 13.1. The molecule has 1 aromatic heterocycles. The Morgan fingerprint density at radius 1 is 1.53 bits per heavy atom. The van der Waals surface area contributed by atoms with E-state index in [1.165, 1.54) is 12.1 Å². The van der Waals surface area contributed by atoms with Gasteiger partial charge < -0.3 is 14.8 Å². The first-order valence-corrected chi connectivity index (χ1v) is 4.85. The number of benzene rings is 1. The van der Waals surface area contributed by atoms with Crippen LogP contribution in [0.5, 0.6) is 0 Å². The van der Waals surface area contributed by atoms with Crippen LogP contribution in [0, 0.1) is 5.82 Å². The van der Waals surface area contributed by atoms with E-state index >= 15 is 0 Å². The van der Waals surface area contributed by atoms with E-state index in [4.69, 9.17) is 21.1 Å². The SMILES string of the molecule is O=C(O)c1coc(Nc2ccc(Cl)c(F)c2)n1. The molecule has 0 aliphatic rings. The van der Waals surface area contributed by atoms with E-state index in [9.17, 15) is 9.18 Å². The van der Waals surface area contributed by atoms with E-state index in [0.29, 0.717) is 5.69 Å². The van der Waals surface area contributed by atoms with Crippen molar-refractivity contribution < 1.29 is 18.7 Å². The van der Waals surface area contributed by atoms with E-state index in [2.05, 4.69) is 10.3 Å². The zero-order valence-electron chi connectivity index (χ0n) is 8.28. The number of aromatic carboxylic acids is 1. The molecule has 1 heterocycles. The summed E-state index contributed by atoms with van der Waals surface area (Å²) >= 11 is 5.51. The van der Waals surface area contributed by atoms with Gasteiger partial charge in [0.1, 0.15) is 12.1 Å². The number of carboxylic acid groups (broad SMARTS) is 1. The third-order valence-electron chi connectivity index (χ3n) is 1.89. The Bertz CT molecular complexity index is 570. The zero-order chi connectivity index (χ0) is 12.4. The van der Waals surface area contributed by atoms with Gasteiger partial charge in [0.25, 0.3) is 6.01 Å². The van der Waals surface area contributed by atoms with Gasteiger partial charge in [0.05, 0.1) is 5.02 Å². The van der Waals surface area contributed by atoms with Crippen molar-refractivity contribution in [2.24, 2.45) is 0 Å². The number of carboxylic acids is 1. The number of nitrogens with one attached hydrogen (secondary N) is 1. The maximum Gasteiger partial charge on any atom is 0.357 e. The Morgan fingerprint density at radius 2 is 2.29 bits per heavy atom. The largest absolute Gasteiger partial charge is 0.476 e. The summed E-state index contributed by atoms with van der Waals surface area (Å²) in [6, 6.07) is 3.98. The Labute approximate surface area is 99.8 Å². The van der Waals surface area contributed by atoms with Crippen molar-refractivity contribution >= 4 is 29.3 Å². The summed E-state index contributed by atoms with van der Waals surface area (Å²) in [4.78, 5) is 14.2. The molecule has 88 valence electrons. The highest BCUT2D eigenvalue weighted by Gasteiger charge is 2.10. The van der Waals surface area contributed by atoms with E-state index in [1.807, 2.05) is 0 Å². The predicted octanol–water partition coefficient (Wildman–Crippen LogP) is 2.91. The highest BCUT2D eigenvalue weighted by atomic mass is 35.5. The molecule has 0 unspecified atom stereocenters. The van der Waals surface area contributed by atoms with Crippen LogP contribution >= 0.6 is 11.6 Å². The molecule has 2 aromatic rings. The lowest BCUT2D eigenvalue weighted by Crippen LogP contribution is -1.97. The van der Waals surface area contributed by atoms with E-state index in [-0.39, 0.29) is 16.7 Å². The molecule has 2 N–H and O–H groups in total. The fourth-order valence-electron chi connectivity index (χ4n) is 1.13. The molecule has 7 heteroatoms. The Hall–Kier alpha value is -2.08. The molecule has 0 radical (unpaired) electrons. The van der Waals surface area contributed by atoms with Crippen molar-refractivity contribution in [1.82, 2.24) is 4.98 Å². The summed E-state index contributed by atoms with van der Waals surface area (Å²) in [7, 11) is 0. The van der Waals surface area contributed by atoms with E-state index in [0.717, 1.165) is 12.3 Å². The van der Waals surface area contributed by atoms with Crippen LogP contribution < -0.4 is 5.32 Å². The maximum absolute atomic E-state index is 13.1. The monoisotopic (exact) mass is 256 g/mol. The fraction of sp³-hybridized carbons (Fsp3) is 0. The summed E-state index contributed by atoms with van der Waals surface area (Å²) in [6.07, 6.45) is 0.983. The summed E-state index contributed by atoms with van der Waals surface area (Å²) in [6.45, 7) is 0. The topological polar surface area (TPSA) is 75.4 Å². The number of halogens is 2. The van der Waals surface area contributed by atoms with Crippen LogP contribution in [0.25, 0.3) is 0 Å². The summed E-state index contributed by atoms with van der Waals surface area (Å²) in [5.41, 5.74) is 0.118. The second-order valence-electron chi connectivity index (χ2n) is 3.10. The Morgan fingerprint density at radius 3 is 2.88 bits per heavy atom. The molecule has 17 heavy (non-hydrogen) atoms. The first kappa shape index (κ1) is 11.4. The number of hydrogen-bond acceptors (Lipinski definition) is 4. The van der Waals surface area contributed by atoms with E-state index in [1.54, 1.807) is 0 Å². The minimum Gasteiger partial charge on any atom is -0.476 e. The van der Waals surface area contributed by atoms with Gasteiger partial charge in [-0.15, -0.1) is 0 Å². The molecule has 1 aromatic carbocycles. The molecule has 0 spiro atoms. The van der Waals surface area contributed by atoms with Crippen molar-refractivity contribution in [2.45, 2.75) is 0 Å². The first-order valence-electron chi connectivity index (χ1n) is 4.47. The van der Waals surface area contributed by atoms with Gasteiger partial charge in [-0.2, -0.15) is 4.98 Å². The summed E-state index contributed by atoms with van der Waals surface area (Å²) in [5.74, 6) is -1.80. The van der Waals surface area contributed by atoms with Gasteiger partial charge in [-0.05, 0) is 18.2 Å². The predicted molar refractivity (Wildman–Crippen MR) is 58.2 cm³/mol. The van der Waals surface area contributed by atoms with E-state index < -0.39 is 11.8 Å². The van der Waals surface area contributed by atoms with Gasteiger partial charge in [-0.25, -0.2) is 9.18 Å². The van der Waals surface area contributed by atoms with Gasteiger partial charge >= 0.3 is 5.97 Å². The minimum absolute atomic E-state index is 0.00539. The molecule has 0 atom stereocenters. The number of rotatable bonds is 3. The standard InChI is InChI=1S/C10H6ClFN2O3/c11-6-2-1-5(3-7(6)12)13-10-14-8(4-17-10)9(15)16/h1-4H,(H,13,14)(H,15,16). The average molecular weight is 257 g/mol. The molecular formula is C10H6ClFN2O3. The van der Waals surface area contributed by atoms with Gasteiger partial charge in [0, 0.05) is 5.69 Å². The molecular weight excluding hydrogens is 251 g/mol. The normalized spacial score (nSPS) is 10.2. The highest BCUT2D eigenvalue weighted by molar-refractivity contribution is 6.30. The Balaban J connectivity index is 2.19. The second kappa shape index (κ2) is 4.42. The summed E-state index contributed by atoms with van der Waals surface area (Å²) in [5, 5.41) is 11.2. The molecule has 0 aliphatic carbocycles. The molecule has 0 saturated carbocycles. The lowest BCUT2D eigenvalue weighted by molar-refractivity contribution is 0.0690. The molecule has 0 aliphatic heterocycles. The molecule has 0 saturated heterocycles. The molecule has 0 amide bonds. The molecule has 0 bridgehead atoms. The molecule has 2 rings (SSSR count). The van der Waals surface area contributed by atoms with Crippen LogP contribution in [0.1, 0.15) is 10.5 Å². The van der Waals surface area contributed by atoms with Crippen LogP contribution in [-0.4, -0.2) is 16.1 Å². The fourth-order valence-corrected chi connectivity index (χ4v) is 1.24. The Kier molecular flexibility index (Phi) is 2.97. The average Bonchev–Trinajstić information content (AvgIpc) is 2.72. The number of nitrogens with zero attached hydrogens (tertiary/aromatic N) is 1. The molecule has 5 nitrogen and oxygen atoms in total. The number of aromatic nitrogens is 1. The second-order valence-corrected chi connectivity index (χ2v) is 3.50. The lowest BCUT2D eigenvalue weighted by atomic mass is 10.3. The van der Waals surface area contributed by atoms with Gasteiger partial charge in [0.15, 0.2) is 5.69 Å². The number of hydrogen-bond donors (Lipinski definition) is 2. The van der Waals surface area contributed by atoms with Crippen LogP contribution in [0.15, 0.2) is 28.9 Å². The van der Waals surface area contributed by atoms with Crippen molar-refractivity contribution in [3.8, 4) is 0 Å². The third kappa shape index (κ3) is 2.54. The van der Waals surface area contributed by atoms with Crippen LogP contribution in [0.3, 0.4) is 0 Å². The minimum atomic E-state index is -1.20. The van der Waals surface area contributed by atoms with Gasteiger partial charge in [-0.3, -0.25) is 0 Å². The van der Waals surface area contributed by atoms with Gasteiger partial charge in [-0.1, -0.05) is 11.6 Å². The first-order chi connectivity index (χ1) is 8.06. The van der Waals surface area contributed by atoms with Crippen LogP contribution in [0.2, 0.25) is 5.02 Å². The van der Waals surface area contributed by atoms with Crippen LogP contribution in [0.4, 0.5) is 16.1 Å². The highest BCUT2D eigenvalue weighted by Crippen LogP contribution is 2.21. The molecule has 0 fully saturated rings.